The highest BCUT2D eigenvalue weighted by molar-refractivity contribution is 4.81. The molecule has 0 aliphatic rings. The Balaban J connectivity index is 4.33. The van der Waals surface area contributed by atoms with Gasteiger partial charge in [-0.15, -0.1) is 0 Å². The zero-order chi connectivity index (χ0) is 13.0. The molecule has 0 rings (SSSR count). The lowest BCUT2D eigenvalue weighted by Gasteiger charge is -2.38. The molecule has 16 heavy (non-hydrogen) atoms. The van der Waals surface area contributed by atoms with E-state index in [0.717, 1.165) is 13.1 Å². The topological polar surface area (TPSA) is 29.3 Å². The molecule has 98 valence electrons. The van der Waals surface area contributed by atoms with Crippen LogP contribution >= 0.6 is 0 Å². The minimum atomic E-state index is 0.283. The standard InChI is InChI=1S/C14H32N2/c1-8-14(5,6)16(7)11-12(10-15)9-13(2,3)4/h12H,8-11,15H2,1-7H3. The average Bonchev–Trinajstić information content (AvgIpc) is 2.14. The van der Waals surface area contributed by atoms with E-state index in [4.69, 9.17) is 5.73 Å². The molecule has 0 aliphatic carbocycles. The van der Waals surface area contributed by atoms with Crippen molar-refractivity contribution in [2.45, 2.75) is 59.9 Å². The van der Waals surface area contributed by atoms with Gasteiger partial charge in [0.25, 0.3) is 0 Å². The van der Waals surface area contributed by atoms with Crippen molar-refractivity contribution in [3.63, 3.8) is 0 Å². The van der Waals surface area contributed by atoms with E-state index in [0.29, 0.717) is 11.3 Å². The summed E-state index contributed by atoms with van der Waals surface area (Å²) in [5.74, 6) is 0.607. The van der Waals surface area contributed by atoms with Gasteiger partial charge in [0.15, 0.2) is 0 Å². The van der Waals surface area contributed by atoms with Gasteiger partial charge in [-0.1, -0.05) is 27.7 Å². The van der Waals surface area contributed by atoms with Crippen molar-refractivity contribution in [2.24, 2.45) is 17.1 Å². The van der Waals surface area contributed by atoms with Crippen LogP contribution in [0.5, 0.6) is 0 Å². The summed E-state index contributed by atoms with van der Waals surface area (Å²) in [6, 6.07) is 0. The maximum Gasteiger partial charge on any atom is 0.0147 e. The number of rotatable bonds is 6. The Bertz CT molecular complexity index is 191. The molecule has 0 aromatic heterocycles. The molecule has 0 saturated carbocycles. The molecular formula is C14H32N2. The van der Waals surface area contributed by atoms with E-state index in [1.807, 2.05) is 0 Å². The Kier molecular flexibility index (Phi) is 5.99. The molecule has 2 heteroatoms. The molecule has 2 N–H and O–H groups in total. The summed E-state index contributed by atoms with van der Waals surface area (Å²) in [6.45, 7) is 15.6. The van der Waals surface area contributed by atoms with Crippen LogP contribution in [0.4, 0.5) is 0 Å². The quantitative estimate of drug-likeness (QED) is 0.757. The third kappa shape index (κ3) is 5.86. The summed E-state index contributed by atoms with van der Waals surface area (Å²) in [6.07, 6.45) is 2.38. The maximum atomic E-state index is 5.89. The lowest BCUT2D eigenvalue weighted by Crippen LogP contribution is -2.44. The summed E-state index contributed by atoms with van der Waals surface area (Å²) in [5.41, 5.74) is 6.55. The number of hydrogen-bond donors (Lipinski definition) is 1. The lowest BCUT2D eigenvalue weighted by molar-refractivity contribution is 0.115. The highest BCUT2D eigenvalue weighted by Gasteiger charge is 2.25. The fraction of sp³-hybridized carbons (Fsp3) is 1.00. The molecule has 0 heterocycles. The Hall–Kier alpha value is -0.0800. The van der Waals surface area contributed by atoms with Crippen molar-refractivity contribution < 1.29 is 0 Å². The van der Waals surface area contributed by atoms with Gasteiger partial charge >= 0.3 is 0 Å². The predicted molar refractivity (Wildman–Crippen MR) is 73.6 cm³/mol. The molecule has 0 fully saturated rings. The Morgan fingerprint density at radius 3 is 1.94 bits per heavy atom. The van der Waals surface area contributed by atoms with Gasteiger partial charge in [0.05, 0.1) is 0 Å². The van der Waals surface area contributed by atoms with Crippen LogP contribution in [0.2, 0.25) is 0 Å². The zero-order valence-electron chi connectivity index (χ0n) is 12.4. The molecule has 0 radical (unpaired) electrons. The van der Waals surface area contributed by atoms with Gasteiger partial charge in [-0.05, 0) is 51.6 Å². The van der Waals surface area contributed by atoms with Crippen LogP contribution in [0.25, 0.3) is 0 Å². The van der Waals surface area contributed by atoms with Crippen LogP contribution in [0.3, 0.4) is 0 Å². The zero-order valence-corrected chi connectivity index (χ0v) is 12.4. The third-order valence-corrected chi connectivity index (χ3v) is 3.67. The van der Waals surface area contributed by atoms with Gasteiger partial charge in [0.2, 0.25) is 0 Å². The lowest BCUT2D eigenvalue weighted by atomic mass is 9.84. The molecule has 1 atom stereocenters. The summed E-state index contributed by atoms with van der Waals surface area (Å²) in [7, 11) is 2.22. The van der Waals surface area contributed by atoms with Gasteiger partial charge in [0, 0.05) is 12.1 Å². The first kappa shape index (κ1) is 15.9. The fourth-order valence-electron chi connectivity index (χ4n) is 1.99. The molecule has 0 saturated heterocycles. The minimum absolute atomic E-state index is 0.283. The van der Waals surface area contributed by atoms with E-state index in [1.165, 1.54) is 12.8 Å². The van der Waals surface area contributed by atoms with Gasteiger partial charge in [0.1, 0.15) is 0 Å². The van der Waals surface area contributed by atoms with Crippen molar-refractivity contribution in [3.05, 3.63) is 0 Å². The van der Waals surface area contributed by atoms with Gasteiger partial charge < -0.3 is 10.6 Å². The van der Waals surface area contributed by atoms with E-state index in [-0.39, 0.29) is 5.54 Å². The maximum absolute atomic E-state index is 5.89. The molecule has 0 aromatic carbocycles. The fourth-order valence-corrected chi connectivity index (χ4v) is 1.99. The van der Waals surface area contributed by atoms with Crippen LogP contribution in [0.1, 0.15) is 54.4 Å². The molecule has 0 aliphatic heterocycles. The van der Waals surface area contributed by atoms with E-state index < -0.39 is 0 Å². The van der Waals surface area contributed by atoms with E-state index in [1.54, 1.807) is 0 Å². The van der Waals surface area contributed by atoms with Crippen LogP contribution < -0.4 is 5.73 Å². The SMILES string of the molecule is CCC(C)(C)N(C)CC(CN)CC(C)(C)C. The molecule has 0 spiro atoms. The van der Waals surface area contributed by atoms with Crippen molar-refractivity contribution in [1.29, 1.82) is 0 Å². The predicted octanol–water partition coefficient (Wildman–Crippen LogP) is 3.12. The first-order chi connectivity index (χ1) is 7.12. The highest BCUT2D eigenvalue weighted by Crippen LogP contribution is 2.26. The van der Waals surface area contributed by atoms with Crippen LogP contribution in [0.15, 0.2) is 0 Å². The van der Waals surface area contributed by atoms with Crippen molar-refractivity contribution in [3.8, 4) is 0 Å². The first-order valence-corrected chi connectivity index (χ1v) is 6.53. The Morgan fingerprint density at radius 1 is 1.12 bits per heavy atom. The number of nitrogens with zero attached hydrogens (tertiary/aromatic N) is 1. The minimum Gasteiger partial charge on any atom is -0.330 e. The average molecular weight is 228 g/mol. The second-order valence-corrected chi connectivity index (χ2v) is 6.91. The third-order valence-electron chi connectivity index (χ3n) is 3.67. The second-order valence-electron chi connectivity index (χ2n) is 6.91. The summed E-state index contributed by atoms with van der Waals surface area (Å²) < 4.78 is 0. The van der Waals surface area contributed by atoms with Gasteiger partial charge in [-0.25, -0.2) is 0 Å². The van der Waals surface area contributed by atoms with Crippen molar-refractivity contribution in [1.82, 2.24) is 4.90 Å². The Labute approximate surface area is 103 Å². The summed E-state index contributed by atoms with van der Waals surface area (Å²) >= 11 is 0. The second kappa shape index (κ2) is 6.02. The van der Waals surface area contributed by atoms with Gasteiger partial charge in [-0.3, -0.25) is 0 Å². The van der Waals surface area contributed by atoms with Gasteiger partial charge in [-0.2, -0.15) is 0 Å². The van der Waals surface area contributed by atoms with Crippen molar-refractivity contribution >= 4 is 0 Å². The van der Waals surface area contributed by atoms with Crippen molar-refractivity contribution in [2.75, 3.05) is 20.1 Å². The molecular weight excluding hydrogens is 196 g/mol. The normalized spacial score (nSPS) is 15.6. The monoisotopic (exact) mass is 228 g/mol. The van der Waals surface area contributed by atoms with Crippen LogP contribution in [-0.4, -0.2) is 30.6 Å². The molecule has 2 nitrogen and oxygen atoms in total. The van der Waals surface area contributed by atoms with E-state index >= 15 is 0 Å². The molecule has 0 aromatic rings. The number of hydrogen-bond acceptors (Lipinski definition) is 2. The molecule has 0 amide bonds. The van der Waals surface area contributed by atoms with Crippen LogP contribution in [-0.2, 0) is 0 Å². The summed E-state index contributed by atoms with van der Waals surface area (Å²) in [4.78, 5) is 2.45. The smallest absolute Gasteiger partial charge is 0.0147 e. The van der Waals surface area contributed by atoms with E-state index in [2.05, 4.69) is 53.5 Å². The number of nitrogens with two attached hydrogens (primary N) is 1. The highest BCUT2D eigenvalue weighted by atomic mass is 15.2. The Morgan fingerprint density at radius 2 is 1.62 bits per heavy atom. The molecule has 1 unspecified atom stereocenters. The summed E-state index contributed by atoms with van der Waals surface area (Å²) in [5, 5.41) is 0. The van der Waals surface area contributed by atoms with E-state index in [9.17, 15) is 0 Å². The first-order valence-electron chi connectivity index (χ1n) is 6.53. The largest absolute Gasteiger partial charge is 0.330 e. The van der Waals surface area contributed by atoms with Crippen LogP contribution in [0, 0.1) is 11.3 Å². The molecule has 0 bridgehead atoms.